The van der Waals surface area contributed by atoms with Crippen molar-refractivity contribution >= 4 is 0 Å². The monoisotopic (exact) mass is 326 g/mol. The summed E-state index contributed by atoms with van der Waals surface area (Å²) >= 11 is 0. The second-order valence-corrected chi connectivity index (χ2v) is 6.86. The van der Waals surface area contributed by atoms with Crippen LogP contribution in [0.5, 0.6) is 0 Å². The number of benzene rings is 1. The minimum absolute atomic E-state index is 0.0644. The summed E-state index contributed by atoms with van der Waals surface area (Å²) in [4.78, 5) is 4.46. The van der Waals surface area contributed by atoms with E-state index < -0.39 is 0 Å². The molecule has 0 bridgehead atoms. The molecule has 2 aromatic heterocycles. The maximum Gasteiger partial charge on any atom is 0.243 e. The molecule has 0 radical (unpaired) electrons. The highest BCUT2D eigenvalue weighted by Crippen LogP contribution is 2.22. The third-order valence-electron chi connectivity index (χ3n) is 3.69. The van der Waals surface area contributed by atoms with Crippen LogP contribution in [0.4, 0.5) is 0 Å². The third-order valence-corrected chi connectivity index (χ3v) is 3.69. The molecule has 0 saturated heterocycles. The van der Waals surface area contributed by atoms with E-state index in [0.717, 1.165) is 17.0 Å². The fourth-order valence-electron chi connectivity index (χ4n) is 2.19. The lowest BCUT2D eigenvalue weighted by atomic mass is 9.96. The molecule has 3 aromatic rings. The van der Waals surface area contributed by atoms with E-state index in [1.165, 1.54) is 0 Å². The van der Waals surface area contributed by atoms with Crippen molar-refractivity contribution in [1.82, 2.24) is 20.6 Å². The molecule has 1 N–H and O–H groups in total. The standard InChI is InChI=1S/C18H22N4O2/c1-12(16-20-17(22-24-16)18(2,3)4)19-11-14-10-15(23-21-14)13-8-6-5-7-9-13/h5-10,12,19H,11H2,1-4H3/t12-/m1/s1. The molecular formula is C18H22N4O2. The van der Waals surface area contributed by atoms with Gasteiger partial charge >= 0.3 is 0 Å². The van der Waals surface area contributed by atoms with E-state index >= 15 is 0 Å². The summed E-state index contributed by atoms with van der Waals surface area (Å²) in [6, 6.07) is 11.8. The molecule has 0 aliphatic heterocycles. The predicted molar refractivity (Wildman–Crippen MR) is 90.2 cm³/mol. The lowest BCUT2D eigenvalue weighted by molar-refractivity contribution is 0.328. The van der Waals surface area contributed by atoms with E-state index in [1.807, 2.05) is 43.3 Å². The fourth-order valence-corrected chi connectivity index (χ4v) is 2.19. The van der Waals surface area contributed by atoms with E-state index in [2.05, 4.69) is 41.4 Å². The van der Waals surface area contributed by atoms with Crippen LogP contribution < -0.4 is 5.32 Å². The SMILES string of the molecule is C[C@@H](NCc1cc(-c2ccccc2)on1)c1nc(C(C)(C)C)no1. The van der Waals surface area contributed by atoms with Crippen LogP contribution in [0.15, 0.2) is 45.4 Å². The zero-order valence-corrected chi connectivity index (χ0v) is 14.4. The highest BCUT2D eigenvalue weighted by Gasteiger charge is 2.23. The maximum atomic E-state index is 5.40. The van der Waals surface area contributed by atoms with Gasteiger partial charge in [-0.15, -0.1) is 0 Å². The minimum Gasteiger partial charge on any atom is -0.356 e. The van der Waals surface area contributed by atoms with Crippen molar-refractivity contribution in [1.29, 1.82) is 0 Å². The first-order valence-corrected chi connectivity index (χ1v) is 8.02. The molecule has 3 rings (SSSR count). The summed E-state index contributed by atoms with van der Waals surface area (Å²) in [6.45, 7) is 8.71. The van der Waals surface area contributed by atoms with Gasteiger partial charge in [0, 0.05) is 23.6 Å². The van der Waals surface area contributed by atoms with Gasteiger partial charge in [-0.2, -0.15) is 4.98 Å². The highest BCUT2D eigenvalue weighted by molar-refractivity contribution is 5.56. The van der Waals surface area contributed by atoms with Gasteiger partial charge < -0.3 is 14.4 Å². The van der Waals surface area contributed by atoms with E-state index in [9.17, 15) is 0 Å². The molecule has 2 heterocycles. The molecule has 0 aliphatic carbocycles. The Bertz CT molecular complexity index is 787. The van der Waals surface area contributed by atoms with Crippen molar-refractivity contribution in [3.63, 3.8) is 0 Å². The van der Waals surface area contributed by atoms with E-state index in [-0.39, 0.29) is 11.5 Å². The third kappa shape index (κ3) is 3.71. The Kier molecular flexibility index (Phi) is 4.49. The number of hydrogen-bond donors (Lipinski definition) is 1. The van der Waals surface area contributed by atoms with Crippen LogP contribution in [-0.2, 0) is 12.0 Å². The Morgan fingerprint density at radius 2 is 1.83 bits per heavy atom. The van der Waals surface area contributed by atoms with Crippen LogP contribution in [0.3, 0.4) is 0 Å². The molecule has 0 spiro atoms. The van der Waals surface area contributed by atoms with Gasteiger partial charge in [0.15, 0.2) is 11.6 Å². The summed E-state index contributed by atoms with van der Waals surface area (Å²) in [5.41, 5.74) is 1.71. The van der Waals surface area contributed by atoms with E-state index in [0.29, 0.717) is 18.3 Å². The van der Waals surface area contributed by atoms with Gasteiger partial charge in [-0.05, 0) is 6.92 Å². The number of aromatic nitrogens is 3. The van der Waals surface area contributed by atoms with Crippen molar-refractivity contribution in [3.8, 4) is 11.3 Å². The molecule has 24 heavy (non-hydrogen) atoms. The Labute approximate surface area is 141 Å². The van der Waals surface area contributed by atoms with Crippen LogP contribution in [0.2, 0.25) is 0 Å². The summed E-state index contributed by atoms with van der Waals surface area (Å²) in [5.74, 6) is 2.04. The average molecular weight is 326 g/mol. The molecule has 1 aromatic carbocycles. The van der Waals surface area contributed by atoms with Crippen molar-refractivity contribution in [2.75, 3.05) is 0 Å². The van der Waals surface area contributed by atoms with Gasteiger partial charge in [-0.25, -0.2) is 0 Å². The predicted octanol–water partition coefficient (Wildman–Crippen LogP) is 3.87. The Morgan fingerprint density at radius 1 is 1.08 bits per heavy atom. The molecule has 0 amide bonds. The van der Waals surface area contributed by atoms with Gasteiger partial charge in [-0.1, -0.05) is 61.4 Å². The molecule has 6 heteroatoms. The van der Waals surface area contributed by atoms with Crippen molar-refractivity contribution in [2.24, 2.45) is 0 Å². The second kappa shape index (κ2) is 6.57. The Morgan fingerprint density at radius 3 is 2.50 bits per heavy atom. The summed E-state index contributed by atoms with van der Waals surface area (Å²) < 4.78 is 10.7. The quantitative estimate of drug-likeness (QED) is 0.767. The van der Waals surface area contributed by atoms with Crippen LogP contribution in [0.1, 0.15) is 51.1 Å². The van der Waals surface area contributed by atoms with Crippen molar-refractivity contribution in [3.05, 3.63) is 53.8 Å². The largest absolute Gasteiger partial charge is 0.356 e. The first-order valence-electron chi connectivity index (χ1n) is 8.02. The van der Waals surface area contributed by atoms with Crippen molar-refractivity contribution < 1.29 is 9.05 Å². The Balaban J connectivity index is 1.62. The average Bonchev–Trinajstić information content (AvgIpc) is 3.22. The van der Waals surface area contributed by atoms with Gasteiger partial charge in [0.05, 0.1) is 11.7 Å². The van der Waals surface area contributed by atoms with Gasteiger partial charge in [0.25, 0.3) is 0 Å². The topological polar surface area (TPSA) is 77.0 Å². The first kappa shape index (κ1) is 16.4. The lowest BCUT2D eigenvalue weighted by Crippen LogP contribution is -2.19. The van der Waals surface area contributed by atoms with E-state index in [1.54, 1.807) is 0 Å². The summed E-state index contributed by atoms with van der Waals surface area (Å²) in [6.07, 6.45) is 0. The zero-order chi connectivity index (χ0) is 17.2. The first-order chi connectivity index (χ1) is 11.4. The molecule has 6 nitrogen and oxygen atoms in total. The number of hydrogen-bond acceptors (Lipinski definition) is 6. The number of nitrogens with zero attached hydrogens (tertiary/aromatic N) is 3. The summed E-state index contributed by atoms with van der Waals surface area (Å²) in [7, 11) is 0. The highest BCUT2D eigenvalue weighted by atomic mass is 16.5. The molecule has 0 unspecified atom stereocenters. The van der Waals surface area contributed by atoms with Crippen LogP contribution in [0.25, 0.3) is 11.3 Å². The lowest BCUT2D eigenvalue weighted by Gasteiger charge is -2.11. The zero-order valence-electron chi connectivity index (χ0n) is 14.4. The molecule has 0 aliphatic rings. The molecule has 1 atom stereocenters. The molecule has 0 fully saturated rings. The Hall–Kier alpha value is -2.47. The number of rotatable bonds is 5. The van der Waals surface area contributed by atoms with Crippen molar-refractivity contribution in [2.45, 2.75) is 45.7 Å². The summed E-state index contributed by atoms with van der Waals surface area (Å²) in [5, 5.41) is 11.5. The van der Waals surface area contributed by atoms with Gasteiger partial charge in [0.2, 0.25) is 5.89 Å². The van der Waals surface area contributed by atoms with Gasteiger partial charge in [-0.3, -0.25) is 0 Å². The normalized spacial score (nSPS) is 13.2. The van der Waals surface area contributed by atoms with E-state index in [4.69, 9.17) is 9.05 Å². The molecule has 0 saturated carbocycles. The van der Waals surface area contributed by atoms with Crippen LogP contribution >= 0.6 is 0 Å². The van der Waals surface area contributed by atoms with Gasteiger partial charge in [0.1, 0.15) is 0 Å². The number of nitrogens with one attached hydrogen (secondary N) is 1. The smallest absolute Gasteiger partial charge is 0.243 e. The fraction of sp³-hybridized carbons (Fsp3) is 0.389. The maximum absolute atomic E-state index is 5.40. The minimum atomic E-state index is -0.127. The second-order valence-electron chi connectivity index (χ2n) is 6.86. The van der Waals surface area contributed by atoms with Crippen LogP contribution in [-0.4, -0.2) is 15.3 Å². The molecular weight excluding hydrogens is 304 g/mol. The molecule has 126 valence electrons. The van der Waals surface area contributed by atoms with Crippen LogP contribution in [0, 0.1) is 0 Å².